The van der Waals surface area contributed by atoms with Gasteiger partial charge in [-0.15, -0.1) is 0 Å². The number of carbonyl (C=O) groups is 1. The quantitative estimate of drug-likeness (QED) is 0.780. The van der Waals surface area contributed by atoms with Crippen molar-refractivity contribution < 1.29 is 4.79 Å². The van der Waals surface area contributed by atoms with Crippen LogP contribution in [0.25, 0.3) is 0 Å². The van der Waals surface area contributed by atoms with Crippen LogP contribution in [0.1, 0.15) is 30.6 Å². The molecule has 4 heteroatoms. The van der Waals surface area contributed by atoms with Crippen LogP contribution < -0.4 is 0 Å². The molecule has 0 saturated carbocycles. The van der Waals surface area contributed by atoms with Crippen LogP contribution in [0.4, 0.5) is 0 Å². The monoisotopic (exact) mass is 361 g/mol. The summed E-state index contributed by atoms with van der Waals surface area (Å²) >= 11 is 6.79. The summed E-state index contributed by atoms with van der Waals surface area (Å²) in [5.41, 5.74) is 0.706. The van der Waals surface area contributed by atoms with Gasteiger partial charge < -0.3 is 4.90 Å². The minimum absolute atomic E-state index is 0.0623. The van der Waals surface area contributed by atoms with Crippen LogP contribution in [-0.2, 0) is 0 Å². The van der Waals surface area contributed by atoms with E-state index < -0.39 is 0 Å². The van der Waals surface area contributed by atoms with Crippen molar-refractivity contribution in [1.82, 2.24) is 4.90 Å². The first-order valence-electron chi connectivity index (χ1n) is 5.65. The summed E-state index contributed by atoms with van der Waals surface area (Å²) in [4.78, 5) is 14.0. The highest BCUT2D eigenvalue weighted by atomic mass is 79.9. The number of carbonyl (C=O) groups excluding carboxylic acids is 1. The van der Waals surface area contributed by atoms with E-state index in [0.717, 1.165) is 21.9 Å². The maximum absolute atomic E-state index is 12.2. The molecular formula is C13H17Br2NO. The fourth-order valence-electron chi connectivity index (χ4n) is 1.58. The second-order valence-electron chi connectivity index (χ2n) is 4.36. The van der Waals surface area contributed by atoms with Crippen molar-refractivity contribution in [3.05, 3.63) is 32.7 Å². The molecule has 0 aliphatic heterocycles. The van der Waals surface area contributed by atoms with Gasteiger partial charge in [-0.05, 0) is 24.1 Å². The summed E-state index contributed by atoms with van der Waals surface area (Å²) < 4.78 is 1.82. The van der Waals surface area contributed by atoms with Gasteiger partial charge in [-0.1, -0.05) is 52.1 Å². The molecule has 1 aromatic rings. The minimum atomic E-state index is 0.0623. The van der Waals surface area contributed by atoms with Gasteiger partial charge in [-0.2, -0.15) is 0 Å². The third kappa shape index (κ3) is 4.43. The zero-order valence-electron chi connectivity index (χ0n) is 10.3. The molecule has 0 radical (unpaired) electrons. The number of rotatable bonds is 4. The zero-order chi connectivity index (χ0) is 13.0. The molecule has 0 fully saturated rings. The molecule has 0 aliphatic rings. The van der Waals surface area contributed by atoms with E-state index in [4.69, 9.17) is 0 Å². The molecule has 0 heterocycles. The Hall–Kier alpha value is -0.350. The van der Waals surface area contributed by atoms with Crippen LogP contribution in [0.15, 0.2) is 27.1 Å². The van der Waals surface area contributed by atoms with Crippen LogP contribution in [0.3, 0.4) is 0 Å². The predicted octanol–water partition coefficient (Wildman–Crippen LogP) is 4.33. The molecule has 0 N–H and O–H groups in total. The highest BCUT2D eigenvalue weighted by molar-refractivity contribution is 9.11. The molecule has 1 amide bonds. The van der Waals surface area contributed by atoms with E-state index in [9.17, 15) is 4.79 Å². The number of amides is 1. The molecule has 1 atom stereocenters. The van der Waals surface area contributed by atoms with Crippen LogP contribution in [0.2, 0.25) is 0 Å². The SMILES string of the molecule is CCC(C)CN(C)C(=O)c1cc(Br)cc(Br)c1. The molecule has 1 aromatic carbocycles. The van der Waals surface area contributed by atoms with Crippen molar-refractivity contribution in [3.63, 3.8) is 0 Å². The summed E-state index contributed by atoms with van der Waals surface area (Å²) in [5.74, 6) is 0.590. The van der Waals surface area contributed by atoms with Crippen LogP contribution in [0.5, 0.6) is 0 Å². The largest absolute Gasteiger partial charge is 0.341 e. The van der Waals surface area contributed by atoms with E-state index in [0.29, 0.717) is 11.5 Å². The van der Waals surface area contributed by atoms with Crippen LogP contribution >= 0.6 is 31.9 Å². The summed E-state index contributed by atoms with van der Waals surface area (Å²) in [6.07, 6.45) is 1.08. The second kappa shape index (κ2) is 6.55. The van der Waals surface area contributed by atoms with Crippen molar-refractivity contribution in [2.45, 2.75) is 20.3 Å². The van der Waals surface area contributed by atoms with Crippen molar-refractivity contribution in [2.75, 3.05) is 13.6 Å². The highest BCUT2D eigenvalue weighted by Crippen LogP contribution is 2.21. The maximum Gasteiger partial charge on any atom is 0.253 e. The number of halogens is 2. The van der Waals surface area contributed by atoms with Crippen molar-refractivity contribution >= 4 is 37.8 Å². The molecule has 0 bridgehead atoms. The van der Waals surface area contributed by atoms with E-state index in [-0.39, 0.29) is 5.91 Å². The summed E-state index contributed by atoms with van der Waals surface area (Å²) in [6, 6.07) is 5.62. The lowest BCUT2D eigenvalue weighted by molar-refractivity contribution is 0.0775. The lowest BCUT2D eigenvalue weighted by Gasteiger charge is -2.21. The minimum Gasteiger partial charge on any atom is -0.341 e. The third-order valence-electron chi connectivity index (χ3n) is 2.74. The molecule has 1 unspecified atom stereocenters. The van der Waals surface area contributed by atoms with E-state index in [2.05, 4.69) is 45.7 Å². The van der Waals surface area contributed by atoms with Gasteiger partial charge in [-0.25, -0.2) is 0 Å². The van der Waals surface area contributed by atoms with Crippen molar-refractivity contribution in [3.8, 4) is 0 Å². The summed E-state index contributed by atoms with van der Waals surface area (Å²) in [7, 11) is 1.85. The second-order valence-corrected chi connectivity index (χ2v) is 6.19. The predicted molar refractivity (Wildman–Crippen MR) is 78.3 cm³/mol. The van der Waals surface area contributed by atoms with Crippen molar-refractivity contribution in [1.29, 1.82) is 0 Å². The molecule has 1 rings (SSSR count). The Morgan fingerprint density at radius 3 is 2.29 bits per heavy atom. The number of hydrogen-bond acceptors (Lipinski definition) is 1. The van der Waals surface area contributed by atoms with E-state index in [1.165, 1.54) is 0 Å². The average Bonchev–Trinajstić information content (AvgIpc) is 2.26. The first-order chi connectivity index (χ1) is 7.93. The summed E-state index contributed by atoms with van der Waals surface area (Å²) in [6.45, 7) is 5.08. The molecule has 2 nitrogen and oxygen atoms in total. The highest BCUT2D eigenvalue weighted by Gasteiger charge is 2.14. The average molecular weight is 363 g/mol. The Balaban J connectivity index is 2.81. The molecule has 0 aliphatic carbocycles. The molecule has 17 heavy (non-hydrogen) atoms. The lowest BCUT2D eigenvalue weighted by Crippen LogP contribution is -2.30. The molecule has 0 saturated heterocycles. The van der Waals surface area contributed by atoms with Gasteiger partial charge in [0, 0.05) is 28.1 Å². The number of hydrogen-bond donors (Lipinski definition) is 0. The van der Waals surface area contributed by atoms with Gasteiger partial charge in [0.2, 0.25) is 0 Å². The lowest BCUT2D eigenvalue weighted by atomic mass is 10.1. The van der Waals surface area contributed by atoms with E-state index >= 15 is 0 Å². The number of nitrogens with zero attached hydrogens (tertiary/aromatic N) is 1. The van der Waals surface area contributed by atoms with E-state index in [1.54, 1.807) is 4.90 Å². The van der Waals surface area contributed by atoms with E-state index in [1.807, 2.05) is 25.2 Å². The van der Waals surface area contributed by atoms with Gasteiger partial charge in [0.1, 0.15) is 0 Å². The normalized spacial score (nSPS) is 12.3. The fourth-order valence-corrected chi connectivity index (χ4v) is 2.87. The Morgan fingerprint density at radius 2 is 1.82 bits per heavy atom. The first-order valence-corrected chi connectivity index (χ1v) is 7.24. The molecule has 0 aromatic heterocycles. The Morgan fingerprint density at radius 1 is 1.29 bits per heavy atom. The van der Waals surface area contributed by atoms with Gasteiger partial charge in [0.05, 0.1) is 0 Å². The Labute approximate surface area is 120 Å². The number of benzene rings is 1. The smallest absolute Gasteiger partial charge is 0.253 e. The Bertz CT molecular complexity index is 386. The first kappa shape index (κ1) is 14.7. The van der Waals surface area contributed by atoms with Gasteiger partial charge in [-0.3, -0.25) is 4.79 Å². The van der Waals surface area contributed by atoms with Gasteiger partial charge in [0.15, 0.2) is 0 Å². The zero-order valence-corrected chi connectivity index (χ0v) is 13.5. The van der Waals surface area contributed by atoms with Crippen LogP contribution in [0, 0.1) is 5.92 Å². The molecule has 0 spiro atoms. The van der Waals surface area contributed by atoms with Gasteiger partial charge in [0.25, 0.3) is 5.91 Å². The topological polar surface area (TPSA) is 20.3 Å². The maximum atomic E-state index is 12.2. The standard InChI is InChI=1S/C13H17Br2NO/c1-4-9(2)8-16(3)13(17)10-5-11(14)7-12(15)6-10/h5-7,9H,4,8H2,1-3H3. The molecular weight excluding hydrogens is 346 g/mol. The van der Waals surface area contributed by atoms with Crippen LogP contribution in [-0.4, -0.2) is 24.4 Å². The molecule has 94 valence electrons. The summed E-state index contributed by atoms with van der Waals surface area (Å²) in [5, 5.41) is 0. The van der Waals surface area contributed by atoms with Gasteiger partial charge >= 0.3 is 0 Å². The van der Waals surface area contributed by atoms with Crippen molar-refractivity contribution in [2.24, 2.45) is 5.92 Å². The third-order valence-corrected chi connectivity index (χ3v) is 3.65. The Kier molecular flexibility index (Phi) is 5.67. The fraction of sp³-hybridized carbons (Fsp3) is 0.462.